The molecule has 7 heteroatoms. The van der Waals surface area contributed by atoms with Gasteiger partial charge in [0.1, 0.15) is 5.75 Å². The van der Waals surface area contributed by atoms with Crippen LogP contribution >= 0.6 is 0 Å². The van der Waals surface area contributed by atoms with Crippen molar-refractivity contribution in [1.29, 1.82) is 0 Å². The first kappa shape index (κ1) is 16.1. The van der Waals surface area contributed by atoms with Crippen molar-refractivity contribution >= 4 is 11.6 Å². The van der Waals surface area contributed by atoms with Crippen LogP contribution in [0.4, 0.5) is 18.9 Å². The highest BCUT2D eigenvalue weighted by Crippen LogP contribution is 2.25. The summed E-state index contributed by atoms with van der Waals surface area (Å²) >= 11 is 0. The maximum atomic E-state index is 12.0. The Morgan fingerprint density at radius 2 is 2.00 bits per heavy atom. The number of ether oxygens (including phenoxy) is 1. The molecule has 0 saturated heterocycles. The van der Waals surface area contributed by atoms with E-state index in [0.717, 1.165) is 0 Å². The topological polar surface area (TPSA) is 55.6 Å². The van der Waals surface area contributed by atoms with Gasteiger partial charge in [0.15, 0.2) is 0 Å². The van der Waals surface area contributed by atoms with Gasteiger partial charge in [-0.3, -0.25) is 4.79 Å². The zero-order valence-corrected chi connectivity index (χ0v) is 11.3. The molecule has 0 saturated carbocycles. The third-order valence-electron chi connectivity index (χ3n) is 2.53. The molecule has 2 N–H and O–H groups in total. The lowest BCUT2D eigenvalue weighted by Crippen LogP contribution is -2.21. The molecule has 0 heterocycles. The second kappa shape index (κ2) is 6.49. The molecule has 1 aromatic rings. The first-order valence-corrected chi connectivity index (χ1v) is 6.01. The van der Waals surface area contributed by atoms with Gasteiger partial charge in [-0.15, -0.1) is 0 Å². The summed E-state index contributed by atoms with van der Waals surface area (Å²) < 4.78 is 41.0. The molecule has 112 valence electrons. The molecule has 0 bridgehead atoms. The predicted octanol–water partition coefficient (Wildman–Crippen LogP) is 2.69. The van der Waals surface area contributed by atoms with Crippen LogP contribution in [0, 0.1) is 0 Å². The van der Waals surface area contributed by atoms with E-state index in [9.17, 15) is 18.0 Å². The molecule has 0 aromatic heterocycles. The summed E-state index contributed by atoms with van der Waals surface area (Å²) in [6.45, 7) is -0.0787. The van der Waals surface area contributed by atoms with Crippen molar-refractivity contribution in [2.45, 2.75) is 19.0 Å². The van der Waals surface area contributed by atoms with E-state index in [0.29, 0.717) is 5.56 Å². The third kappa shape index (κ3) is 4.99. The first-order chi connectivity index (χ1) is 9.20. The molecule has 0 spiro atoms. The second-order valence-corrected chi connectivity index (χ2v) is 4.52. The van der Waals surface area contributed by atoms with Crippen molar-refractivity contribution in [1.82, 2.24) is 4.90 Å². The molecule has 1 rings (SSSR count). The Balaban J connectivity index is 2.58. The fourth-order valence-electron chi connectivity index (χ4n) is 1.53. The van der Waals surface area contributed by atoms with Crippen LogP contribution in [0.25, 0.3) is 0 Å². The van der Waals surface area contributed by atoms with E-state index in [-0.39, 0.29) is 30.4 Å². The van der Waals surface area contributed by atoms with Crippen molar-refractivity contribution in [3.8, 4) is 5.75 Å². The number of rotatable bonds is 5. The largest absolute Gasteiger partial charge is 0.491 e. The number of hydrogen-bond acceptors (Lipinski definition) is 3. The van der Waals surface area contributed by atoms with Gasteiger partial charge in [0, 0.05) is 26.1 Å². The maximum absolute atomic E-state index is 12.0. The van der Waals surface area contributed by atoms with Crippen LogP contribution in [0.15, 0.2) is 18.2 Å². The number of carbonyl (C=O) groups excluding carboxylic acids is 1. The molecule has 0 radical (unpaired) electrons. The minimum Gasteiger partial charge on any atom is -0.491 e. The quantitative estimate of drug-likeness (QED) is 0.670. The molecule has 0 aliphatic heterocycles. The van der Waals surface area contributed by atoms with E-state index in [4.69, 9.17) is 10.5 Å². The van der Waals surface area contributed by atoms with Gasteiger partial charge in [0.05, 0.1) is 12.3 Å². The first-order valence-electron chi connectivity index (χ1n) is 6.01. The van der Waals surface area contributed by atoms with E-state index in [1.54, 1.807) is 14.1 Å². The number of carbonyl (C=O) groups is 1. The SMILES string of the molecule is CN(C)C(=O)c1ccc(OCCCC(F)(F)F)c(N)c1. The average molecular weight is 290 g/mol. The van der Waals surface area contributed by atoms with Crippen molar-refractivity contribution < 1.29 is 22.7 Å². The van der Waals surface area contributed by atoms with Gasteiger partial charge >= 0.3 is 6.18 Å². The smallest absolute Gasteiger partial charge is 0.389 e. The van der Waals surface area contributed by atoms with Crippen LogP contribution in [-0.2, 0) is 0 Å². The van der Waals surface area contributed by atoms with E-state index >= 15 is 0 Å². The zero-order chi connectivity index (χ0) is 15.3. The Labute approximate surface area is 115 Å². The van der Waals surface area contributed by atoms with Gasteiger partial charge in [-0.1, -0.05) is 0 Å². The predicted molar refractivity (Wildman–Crippen MR) is 69.7 cm³/mol. The Morgan fingerprint density at radius 3 is 2.50 bits per heavy atom. The number of anilines is 1. The molecular weight excluding hydrogens is 273 g/mol. The van der Waals surface area contributed by atoms with Crippen LogP contribution in [-0.4, -0.2) is 37.7 Å². The standard InChI is InChI=1S/C13H17F3N2O2/c1-18(2)12(19)9-4-5-11(10(17)8-9)20-7-3-6-13(14,15)16/h4-5,8H,3,6-7,17H2,1-2H3. The highest BCUT2D eigenvalue weighted by Gasteiger charge is 2.26. The Morgan fingerprint density at radius 1 is 1.35 bits per heavy atom. The number of alkyl halides is 3. The van der Waals surface area contributed by atoms with E-state index in [2.05, 4.69) is 0 Å². The monoisotopic (exact) mass is 290 g/mol. The molecule has 0 fully saturated rings. The lowest BCUT2D eigenvalue weighted by molar-refractivity contribution is -0.136. The number of amides is 1. The fourth-order valence-corrected chi connectivity index (χ4v) is 1.53. The molecule has 0 atom stereocenters. The Hall–Kier alpha value is -1.92. The number of hydrogen-bond donors (Lipinski definition) is 1. The van der Waals surface area contributed by atoms with E-state index in [1.807, 2.05) is 0 Å². The molecule has 20 heavy (non-hydrogen) atoms. The zero-order valence-electron chi connectivity index (χ0n) is 11.3. The molecule has 1 aromatic carbocycles. The minimum atomic E-state index is -4.18. The number of nitrogen functional groups attached to an aromatic ring is 1. The lowest BCUT2D eigenvalue weighted by atomic mass is 10.1. The van der Waals surface area contributed by atoms with Gasteiger partial charge < -0.3 is 15.4 Å². The number of benzene rings is 1. The minimum absolute atomic E-state index is 0.0787. The van der Waals surface area contributed by atoms with Crippen LogP contribution in [0.3, 0.4) is 0 Å². The van der Waals surface area contributed by atoms with Gasteiger partial charge in [-0.05, 0) is 24.6 Å². The van der Waals surface area contributed by atoms with Gasteiger partial charge in [0.25, 0.3) is 5.91 Å². The van der Waals surface area contributed by atoms with Crippen molar-refractivity contribution in [3.05, 3.63) is 23.8 Å². The highest BCUT2D eigenvalue weighted by molar-refractivity contribution is 5.95. The fraction of sp³-hybridized carbons (Fsp3) is 0.462. The van der Waals surface area contributed by atoms with Crippen LogP contribution in [0.1, 0.15) is 23.2 Å². The van der Waals surface area contributed by atoms with Gasteiger partial charge in [-0.25, -0.2) is 0 Å². The van der Waals surface area contributed by atoms with Crippen molar-refractivity contribution in [2.24, 2.45) is 0 Å². The molecule has 0 aliphatic rings. The maximum Gasteiger partial charge on any atom is 0.389 e. The number of halogens is 3. The number of nitrogens with zero attached hydrogens (tertiary/aromatic N) is 1. The Bertz CT molecular complexity index is 473. The normalized spacial score (nSPS) is 11.2. The van der Waals surface area contributed by atoms with Gasteiger partial charge in [-0.2, -0.15) is 13.2 Å². The molecule has 0 aliphatic carbocycles. The van der Waals surface area contributed by atoms with Crippen molar-refractivity contribution in [3.63, 3.8) is 0 Å². The molecule has 1 amide bonds. The summed E-state index contributed by atoms with van der Waals surface area (Å²) in [5.41, 5.74) is 6.33. The van der Waals surface area contributed by atoms with Crippen LogP contribution < -0.4 is 10.5 Å². The summed E-state index contributed by atoms with van der Waals surface area (Å²) in [6, 6.07) is 4.46. The molecule has 4 nitrogen and oxygen atoms in total. The van der Waals surface area contributed by atoms with Crippen LogP contribution in [0.5, 0.6) is 5.75 Å². The highest BCUT2D eigenvalue weighted by atomic mass is 19.4. The summed E-state index contributed by atoms with van der Waals surface area (Å²) in [7, 11) is 3.22. The molecular formula is C13H17F3N2O2. The molecule has 0 unspecified atom stereocenters. The van der Waals surface area contributed by atoms with Crippen molar-refractivity contribution in [2.75, 3.05) is 26.4 Å². The van der Waals surface area contributed by atoms with Gasteiger partial charge in [0.2, 0.25) is 0 Å². The second-order valence-electron chi connectivity index (χ2n) is 4.52. The summed E-state index contributed by atoms with van der Waals surface area (Å²) in [6.07, 6.45) is -5.22. The number of nitrogens with two attached hydrogens (primary N) is 1. The average Bonchev–Trinajstić information content (AvgIpc) is 2.33. The van der Waals surface area contributed by atoms with E-state index in [1.165, 1.54) is 23.1 Å². The van der Waals surface area contributed by atoms with E-state index < -0.39 is 12.6 Å². The van der Waals surface area contributed by atoms with Crippen LogP contribution in [0.2, 0.25) is 0 Å². The lowest BCUT2D eigenvalue weighted by Gasteiger charge is -2.13. The summed E-state index contributed by atoms with van der Waals surface area (Å²) in [5, 5.41) is 0. The Kier molecular flexibility index (Phi) is 5.24. The third-order valence-corrected chi connectivity index (χ3v) is 2.53. The summed E-state index contributed by atoms with van der Waals surface area (Å²) in [4.78, 5) is 13.1. The summed E-state index contributed by atoms with van der Waals surface area (Å²) in [5.74, 6) is 0.0720.